The predicted octanol–water partition coefficient (Wildman–Crippen LogP) is 4.50. The van der Waals surface area contributed by atoms with Crippen molar-refractivity contribution in [3.05, 3.63) is 65.5 Å². The van der Waals surface area contributed by atoms with Crippen molar-refractivity contribution in [2.75, 3.05) is 26.2 Å². The van der Waals surface area contributed by atoms with Crippen LogP contribution >= 0.6 is 0 Å². The molecule has 4 rings (SSSR count). The van der Waals surface area contributed by atoms with Crippen LogP contribution in [-0.2, 0) is 0 Å². The van der Waals surface area contributed by atoms with Gasteiger partial charge in [-0.05, 0) is 61.7 Å². The van der Waals surface area contributed by atoms with E-state index in [0.717, 1.165) is 37.4 Å². The van der Waals surface area contributed by atoms with Gasteiger partial charge in [-0.3, -0.25) is 15.0 Å². The maximum absolute atomic E-state index is 13.3. The highest BCUT2D eigenvalue weighted by atomic mass is 19.1. The van der Waals surface area contributed by atoms with Gasteiger partial charge in [-0.1, -0.05) is 31.4 Å². The molecule has 2 aromatic rings. The molecule has 1 amide bonds. The Labute approximate surface area is 184 Å². The molecule has 0 aromatic heterocycles. The molecular formula is C25H31FN4O. The van der Waals surface area contributed by atoms with Gasteiger partial charge in [-0.2, -0.15) is 0 Å². The van der Waals surface area contributed by atoms with Gasteiger partial charge < -0.3 is 4.90 Å². The number of nitrogens with zero attached hydrogens (tertiary/aromatic N) is 3. The molecule has 1 aliphatic heterocycles. The number of aliphatic imine (C=N–C) groups is 1. The first-order valence-electron chi connectivity index (χ1n) is 11.3. The second-order valence-electron chi connectivity index (χ2n) is 8.55. The topological polar surface area (TPSA) is 47.9 Å². The largest absolute Gasteiger partial charge is 0.340 e. The van der Waals surface area contributed by atoms with Crippen LogP contribution in [0.5, 0.6) is 0 Å². The summed E-state index contributed by atoms with van der Waals surface area (Å²) in [6, 6.07) is 14.2. The molecule has 1 aliphatic carbocycles. The molecule has 0 atom stereocenters. The molecule has 1 N–H and O–H groups in total. The first-order chi connectivity index (χ1) is 15.1. The Balaban J connectivity index is 1.50. The molecule has 6 heteroatoms. The van der Waals surface area contributed by atoms with Gasteiger partial charge in [0.1, 0.15) is 5.82 Å². The van der Waals surface area contributed by atoms with Crippen molar-refractivity contribution in [1.82, 2.24) is 15.1 Å². The first kappa shape index (κ1) is 21.5. The molecule has 0 spiro atoms. The fourth-order valence-electron chi connectivity index (χ4n) is 4.52. The standard InChI is InChI=1S/C25H31FN4O/c1-19-6-5-7-22(18-19)27-25(28-24(31)20-10-12-21(26)13-11-20)30-16-14-29(15-17-30)23-8-3-2-4-9-23/h5-7,10-13,18,23H,2-4,8-9,14-17H2,1H3,(H,27,28,31). The van der Waals surface area contributed by atoms with Gasteiger partial charge in [0.15, 0.2) is 0 Å². The third-order valence-corrected chi connectivity index (χ3v) is 6.27. The molecule has 5 nitrogen and oxygen atoms in total. The number of carbonyl (C=O) groups excluding carboxylic acids is 1. The number of guanidine groups is 1. The van der Waals surface area contributed by atoms with E-state index in [1.807, 2.05) is 31.2 Å². The molecule has 2 aromatic carbocycles. The highest BCUT2D eigenvalue weighted by Gasteiger charge is 2.27. The van der Waals surface area contributed by atoms with E-state index in [9.17, 15) is 9.18 Å². The normalized spacial score (nSPS) is 18.8. The summed E-state index contributed by atoms with van der Waals surface area (Å²) < 4.78 is 13.3. The zero-order chi connectivity index (χ0) is 21.6. The lowest BCUT2D eigenvalue weighted by atomic mass is 9.94. The van der Waals surface area contributed by atoms with E-state index < -0.39 is 0 Å². The molecule has 2 fully saturated rings. The fraction of sp³-hybridized carbons (Fsp3) is 0.440. The van der Waals surface area contributed by atoms with E-state index in [2.05, 4.69) is 15.1 Å². The smallest absolute Gasteiger partial charge is 0.257 e. The number of rotatable bonds is 3. The monoisotopic (exact) mass is 422 g/mol. The minimum atomic E-state index is -0.357. The predicted molar refractivity (Wildman–Crippen MR) is 122 cm³/mol. The van der Waals surface area contributed by atoms with Crippen LogP contribution in [0, 0.1) is 12.7 Å². The third-order valence-electron chi connectivity index (χ3n) is 6.27. The lowest BCUT2D eigenvalue weighted by molar-refractivity contribution is 0.0943. The molecule has 0 radical (unpaired) electrons. The van der Waals surface area contributed by atoms with Crippen molar-refractivity contribution in [3.8, 4) is 0 Å². The second-order valence-corrected chi connectivity index (χ2v) is 8.55. The van der Waals surface area contributed by atoms with Crippen LogP contribution in [0.1, 0.15) is 48.0 Å². The highest BCUT2D eigenvalue weighted by molar-refractivity contribution is 6.06. The van der Waals surface area contributed by atoms with Gasteiger partial charge in [0.2, 0.25) is 5.96 Å². The number of hydrogen-bond donors (Lipinski definition) is 1. The Morgan fingerprint density at radius 1 is 1.00 bits per heavy atom. The number of nitrogens with one attached hydrogen (secondary N) is 1. The quantitative estimate of drug-likeness (QED) is 0.585. The van der Waals surface area contributed by atoms with E-state index in [1.54, 1.807) is 0 Å². The van der Waals surface area contributed by atoms with Gasteiger partial charge in [0, 0.05) is 37.8 Å². The van der Waals surface area contributed by atoms with Crippen LogP contribution in [-0.4, -0.2) is 53.9 Å². The average Bonchev–Trinajstić information content (AvgIpc) is 2.80. The van der Waals surface area contributed by atoms with E-state index in [0.29, 0.717) is 17.6 Å². The second kappa shape index (κ2) is 10.1. The summed E-state index contributed by atoms with van der Waals surface area (Å²) >= 11 is 0. The van der Waals surface area contributed by atoms with Crippen molar-refractivity contribution in [3.63, 3.8) is 0 Å². The van der Waals surface area contributed by atoms with Gasteiger partial charge in [-0.25, -0.2) is 9.38 Å². The summed E-state index contributed by atoms with van der Waals surface area (Å²) in [7, 11) is 0. The van der Waals surface area contributed by atoms with Crippen molar-refractivity contribution in [1.29, 1.82) is 0 Å². The molecule has 1 heterocycles. The summed E-state index contributed by atoms with van der Waals surface area (Å²) in [5.74, 6) is -0.0756. The van der Waals surface area contributed by atoms with E-state index in [-0.39, 0.29) is 11.7 Å². The zero-order valence-corrected chi connectivity index (χ0v) is 18.2. The summed E-state index contributed by atoms with van der Waals surface area (Å²) in [5, 5.41) is 2.98. The van der Waals surface area contributed by atoms with Crippen LogP contribution in [0.3, 0.4) is 0 Å². The fourth-order valence-corrected chi connectivity index (χ4v) is 4.52. The molecule has 2 aliphatic rings. The molecule has 0 bridgehead atoms. The van der Waals surface area contributed by atoms with Crippen molar-refractivity contribution in [2.45, 2.75) is 45.1 Å². The maximum Gasteiger partial charge on any atom is 0.257 e. The summed E-state index contributed by atoms with van der Waals surface area (Å²) in [4.78, 5) is 22.4. The SMILES string of the molecule is Cc1cccc(N=C(NC(=O)c2ccc(F)cc2)N2CCN(C3CCCCC3)CC2)c1. The molecule has 164 valence electrons. The van der Waals surface area contributed by atoms with Crippen molar-refractivity contribution >= 4 is 17.6 Å². The van der Waals surface area contributed by atoms with Gasteiger partial charge >= 0.3 is 0 Å². The zero-order valence-electron chi connectivity index (χ0n) is 18.2. The van der Waals surface area contributed by atoms with Crippen LogP contribution < -0.4 is 5.32 Å². The third kappa shape index (κ3) is 5.70. The number of aryl methyl sites for hydroxylation is 1. The van der Waals surface area contributed by atoms with Gasteiger partial charge in [0.25, 0.3) is 5.91 Å². The number of benzene rings is 2. The van der Waals surface area contributed by atoms with E-state index in [1.165, 1.54) is 56.4 Å². The summed E-state index contributed by atoms with van der Waals surface area (Å²) in [5.41, 5.74) is 2.34. The highest BCUT2D eigenvalue weighted by Crippen LogP contribution is 2.24. The minimum Gasteiger partial charge on any atom is -0.340 e. The first-order valence-corrected chi connectivity index (χ1v) is 11.3. The van der Waals surface area contributed by atoms with Crippen LogP contribution in [0.4, 0.5) is 10.1 Å². The Morgan fingerprint density at radius 2 is 1.71 bits per heavy atom. The van der Waals surface area contributed by atoms with Crippen molar-refractivity contribution < 1.29 is 9.18 Å². The number of carbonyl (C=O) groups is 1. The van der Waals surface area contributed by atoms with Crippen molar-refractivity contribution in [2.24, 2.45) is 4.99 Å². The van der Waals surface area contributed by atoms with Gasteiger partial charge in [-0.15, -0.1) is 0 Å². The van der Waals surface area contributed by atoms with E-state index in [4.69, 9.17) is 4.99 Å². The average molecular weight is 423 g/mol. The van der Waals surface area contributed by atoms with Crippen LogP contribution in [0.2, 0.25) is 0 Å². The lowest BCUT2D eigenvalue weighted by Crippen LogP contribution is -2.55. The van der Waals surface area contributed by atoms with Gasteiger partial charge in [0.05, 0.1) is 5.69 Å². The summed E-state index contributed by atoms with van der Waals surface area (Å²) in [6.07, 6.45) is 6.62. The number of piperazine rings is 1. The molecule has 1 saturated heterocycles. The van der Waals surface area contributed by atoms with Crippen LogP contribution in [0.15, 0.2) is 53.5 Å². The summed E-state index contributed by atoms with van der Waals surface area (Å²) in [6.45, 7) is 5.63. The number of amides is 1. The Morgan fingerprint density at radius 3 is 2.39 bits per heavy atom. The minimum absolute atomic E-state index is 0.277. The lowest BCUT2D eigenvalue weighted by Gasteiger charge is -2.41. The Hall–Kier alpha value is -2.73. The van der Waals surface area contributed by atoms with E-state index >= 15 is 0 Å². The van der Waals surface area contributed by atoms with Crippen LogP contribution in [0.25, 0.3) is 0 Å². The molecule has 0 unspecified atom stereocenters. The Bertz CT molecular complexity index is 913. The molecule has 31 heavy (non-hydrogen) atoms. The number of hydrogen-bond acceptors (Lipinski definition) is 3. The number of halogens is 1. The molecule has 1 saturated carbocycles. The molecular weight excluding hydrogens is 391 g/mol. The maximum atomic E-state index is 13.3. The Kier molecular flexibility index (Phi) is 6.97.